The summed E-state index contributed by atoms with van der Waals surface area (Å²) in [4.78, 5) is 2.44. The van der Waals surface area contributed by atoms with Crippen LogP contribution in [0.1, 0.15) is 19.8 Å². The number of nitrogens with zero attached hydrogens (tertiary/aromatic N) is 1. The zero-order valence-electron chi connectivity index (χ0n) is 10.7. The average Bonchev–Trinajstić information content (AvgIpc) is 2.41. The summed E-state index contributed by atoms with van der Waals surface area (Å²) in [7, 11) is -2.75. The Morgan fingerprint density at radius 3 is 3.00 bits per heavy atom. The minimum absolute atomic E-state index is 0.360. The fraction of sp³-hybridized carbons (Fsp3) is 1.00. The van der Waals surface area contributed by atoms with Gasteiger partial charge in [0.2, 0.25) is 0 Å². The van der Waals surface area contributed by atoms with Crippen LogP contribution in [0.3, 0.4) is 0 Å². The molecule has 0 aliphatic carbocycles. The molecule has 0 radical (unpaired) electrons. The molecule has 2 saturated heterocycles. The van der Waals surface area contributed by atoms with Crippen molar-refractivity contribution in [1.82, 2.24) is 10.2 Å². The second-order valence-corrected chi connectivity index (χ2v) is 7.92. The lowest BCUT2D eigenvalue weighted by atomic mass is 10.0. The highest BCUT2D eigenvalue weighted by molar-refractivity contribution is 7.91. The molecule has 2 fully saturated rings. The molecular weight excluding hydrogens is 236 g/mol. The fourth-order valence-corrected chi connectivity index (χ4v) is 4.74. The van der Waals surface area contributed by atoms with Crippen molar-refractivity contribution in [3.05, 3.63) is 0 Å². The third-order valence-corrected chi connectivity index (χ3v) is 5.63. The van der Waals surface area contributed by atoms with Gasteiger partial charge in [-0.05, 0) is 31.2 Å². The summed E-state index contributed by atoms with van der Waals surface area (Å²) in [6, 6.07) is 0. The first-order valence-electron chi connectivity index (χ1n) is 6.69. The quantitative estimate of drug-likeness (QED) is 0.778. The maximum atomic E-state index is 11.6. The van der Waals surface area contributed by atoms with E-state index in [1.807, 2.05) is 0 Å². The van der Waals surface area contributed by atoms with Gasteiger partial charge in [0.05, 0.1) is 11.5 Å². The normalized spacial score (nSPS) is 35.4. The van der Waals surface area contributed by atoms with E-state index in [0.717, 1.165) is 45.6 Å². The van der Waals surface area contributed by atoms with Crippen LogP contribution in [0, 0.1) is 11.8 Å². The van der Waals surface area contributed by atoms with Crippen LogP contribution in [0.4, 0.5) is 0 Å². The molecule has 2 atom stereocenters. The van der Waals surface area contributed by atoms with Crippen LogP contribution in [-0.2, 0) is 9.84 Å². The monoisotopic (exact) mass is 260 g/mol. The number of nitrogens with one attached hydrogen (secondary N) is 1. The lowest BCUT2D eigenvalue weighted by molar-refractivity contribution is 0.224. The highest BCUT2D eigenvalue weighted by Crippen LogP contribution is 2.20. The van der Waals surface area contributed by atoms with Crippen molar-refractivity contribution in [1.29, 1.82) is 0 Å². The van der Waals surface area contributed by atoms with Gasteiger partial charge in [0.1, 0.15) is 0 Å². The minimum atomic E-state index is -2.75. The summed E-state index contributed by atoms with van der Waals surface area (Å²) < 4.78 is 23.2. The summed E-state index contributed by atoms with van der Waals surface area (Å²) in [5.41, 5.74) is 0. The second-order valence-electron chi connectivity index (χ2n) is 5.69. The molecule has 2 unspecified atom stereocenters. The zero-order valence-corrected chi connectivity index (χ0v) is 11.5. The third kappa shape index (κ3) is 4.23. The molecular formula is C12H24N2O2S. The van der Waals surface area contributed by atoms with Crippen LogP contribution in [0.15, 0.2) is 0 Å². The topological polar surface area (TPSA) is 49.4 Å². The third-order valence-electron chi connectivity index (χ3n) is 3.74. The molecule has 0 bridgehead atoms. The summed E-state index contributed by atoms with van der Waals surface area (Å²) in [6.07, 6.45) is 1.94. The molecule has 2 aliphatic heterocycles. The SMILES string of the molecule is CC1CNCCN(CC2CCCS(=O)(=O)C2)C1. The Morgan fingerprint density at radius 2 is 2.24 bits per heavy atom. The molecule has 4 nitrogen and oxygen atoms in total. The van der Waals surface area contributed by atoms with E-state index in [-0.39, 0.29) is 0 Å². The summed E-state index contributed by atoms with van der Waals surface area (Å²) in [5.74, 6) is 1.84. The van der Waals surface area contributed by atoms with E-state index in [4.69, 9.17) is 0 Å². The van der Waals surface area contributed by atoms with Crippen molar-refractivity contribution in [3.63, 3.8) is 0 Å². The fourth-order valence-electron chi connectivity index (χ4n) is 2.97. The minimum Gasteiger partial charge on any atom is -0.315 e. The van der Waals surface area contributed by atoms with Crippen molar-refractivity contribution < 1.29 is 8.42 Å². The van der Waals surface area contributed by atoms with Crippen LogP contribution < -0.4 is 5.32 Å². The van der Waals surface area contributed by atoms with Crippen molar-refractivity contribution in [3.8, 4) is 0 Å². The molecule has 0 amide bonds. The van der Waals surface area contributed by atoms with Gasteiger partial charge in [0, 0.05) is 26.2 Å². The van der Waals surface area contributed by atoms with Gasteiger partial charge < -0.3 is 10.2 Å². The summed E-state index contributed by atoms with van der Waals surface area (Å²) in [6.45, 7) is 7.49. The molecule has 0 aromatic heterocycles. The molecule has 17 heavy (non-hydrogen) atoms. The standard InChI is InChI=1S/C12H24N2O2S/c1-11-7-13-4-5-14(8-11)9-12-3-2-6-17(15,16)10-12/h11-13H,2-10H2,1H3. The van der Waals surface area contributed by atoms with Gasteiger partial charge in [0.25, 0.3) is 0 Å². The van der Waals surface area contributed by atoms with Crippen molar-refractivity contribution in [2.75, 3.05) is 44.2 Å². The van der Waals surface area contributed by atoms with Crippen molar-refractivity contribution in [2.45, 2.75) is 19.8 Å². The molecule has 5 heteroatoms. The summed E-state index contributed by atoms with van der Waals surface area (Å²) >= 11 is 0. The molecule has 1 N–H and O–H groups in total. The van der Waals surface area contributed by atoms with Gasteiger partial charge in [0.15, 0.2) is 9.84 Å². The van der Waals surface area contributed by atoms with E-state index in [1.165, 1.54) is 0 Å². The van der Waals surface area contributed by atoms with Gasteiger partial charge in [-0.1, -0.05) is 6.92 Å². The molecule has 2 rings (SSSR count). The van der Waals surface area contributed by atoms with Gasteiger partial charge in [-0.2, -0.15) is 0 Å². The Labute approximate surface area is 105 Å². The predicted molar refractivity (Wildman–Crippen MR) is 69.9 cm³/mol. The molecule has 0 aromatic rings. The van der Waals surface area contributed by atoms with E-state index >= 15 is 0 Å². The smallest absolute Gasteiger partial charge is 0.150 e. The number of hydrogen-bond donors (Lipinski definition) is 1. The predicted octanol–water partition coefficient (Wildman–Crippen LogP) is 0.353. The van der Waals surface area contributed by atoms with Crippen LogP contribution in [0.5, 0.6) is 0 Å². The first-order valence-corrected chi connectivity index (χ1v) is 8.51. The van der Waals surface area contributed by atoms with Crippen LogP contribution >= 0.6 is 0 Å². The maximum absolute atomic E-state index is 11.6. The van der Waals surface area contributed by atoms with E-state index in [1.54, 1.807) is 0 Å². The molecule has 2 aliphatic rings. The Morgan fingerprint density at radius 1 is 1.41 bits per heavy atom. The Balaban J connectivity index is 1.87. The average molecular weight is 260 g/mol. The van der Waals surface area contributed by atoms with E-state index in [0.29, 0.717) is 23.3 Å². The van der Waals surface area contributed by atoms with Crippen molar-refractivity contribution in [2.24, 2.45) is 11.8 Å². The zero-order chi connectivity index (χ0) is 12.3. The Bertz CT molecular complexity index is 342. The largest absolute Gasteiger partial charge is 0.315 e. The first-order chi connectivity index (χ1) is 8.05. The highest BCUT2D eigenvalue weighted by atomic mass is 32.2. The van der Waals surface area contributed by atoms with Gasteiger partial charge in [-0.25, -0.2) is 8.42 Å². The van der Waals surface area contributed by atoms with E-state index < -0.39 is 9.84 Å². The summed E-state index contributed by atoms with van der Waals surface area (Å²) in [5, 5.41) is 3.42. The maximum Gasteiger partial charge on any atom is 0.150 e. The van der Waals surface area contributed by atoms with Gasteiger partial charge in [-0.3, -0.25) is 0 Å². The van der Waals surface area contributed by atoms with E-state index in [2.05, 4.69) is 17.1 Å². The van der Waals surface area contributed by atoms with E-state index in [9.17, 15) is 8.42 Å². The Kier molecular flexibility index (Phi) is 4.44. The van der Waals surface area contributed by atoms with Gasteiger partial charge >= 0.3 is 0 Å². The number of rotatable bonds is 2. The van der Waals surface area contributed by atoms with Crippen LogP contribution in [0.2, 0.25) is 0 Å². The first kappa shape index (κ1) is 13.3. The molecule has 0 saturated carbocycles. The lowest BCUT2D eigenvalue weighted by Crippen LogP contribution is -2.38. The van der Waals surface area contributed by atoms with Crippen LogP contribution in [0.25, 0.3) is 0 Å². The molecule has 0 spiro atoms. The molecule has 2 heterocycles. The Hall–Kier alpha value is -0.130. The highest BCUT2D eigenvalue weighted by Gasteiger charge is 2.27. The van der Waals surface area contributed by atoms with Crippen LogP contribution in [-0.4, -0.2) is 57.5 Å². The molecule has 100 valence electrons. The number of sulfone groups is 1. The molecule has 0 aromatic carbocycles. The lowest BCUT2D eigenvalue weighted by Gasteiger charge is -2.29. The number of hydrogen-bond acceptors (Lipinski definition) is 4. The second kappa shape index (κ2) is 5.67. The van der Waals surface area contributed by atoms with Crippen molar-refractivity contribution >= 4 is 9.84 Å². The van der Waals surface area contributed by atoms with Gasteiger partial charge in [-0.15, -0.1) is 0 Å².